The van der Waals surface area contributed by atoms with Crippen molar-refractivity contribution < 1.29 is 26.7 Å². The molecule has 1 saturated heterocycles. The maximum Gasteiger partial charge on any atom is 0.387 e. The summed E-state index contributed by atoms with van der Waals surface area (Å²) >= 11 is 3.28. The number of piperidine rings is 1. The number of hydrogen-bond donors (Lipinski definition) is 0. The minimum atomic E-state index is -3.08. The average molecular weight is 440 g/mol. The topological polar surface area (TPSA) is 63.7 Å². The van der Waals surface area contributed by atoms with E-state index in [1.54, 1.807) is 17.0 Å². The third-order valence-corrected chi connectivity index (χ3v) is 6.42. The van der Waals surface area contributed by atoms with Crippen molar-refractivity contribution in [1.29, 1.82) is 0 Å². The predicted molar refractivity (Wildman–Crippen MR) is 93.5 cm³/mol. The molecule has 0 bridgehead atoms. The first kappa shape index (κ1) is 20.1. The molecule has 0 aliphatic carbocycles. The minimum Gasteiger partial charge on any atom is -0.435 e. The summed E-state index contributed by atoms with van der Waals surface area (Å²) in [5, 5.41) is -0.396. The van der Waals surface area contributed by atoms with Gasteiger partial charge in [-0.25, -0.2) is 8.42 Å². The number of likely N-dealkylation sites (tertiary alicyclic amines) is 1. The molecule has 1 aliphatic rings. The molecule has 0 N–H and O–H groups in total. The van der Waals surface area contributed by atoms with Gasteiger partial charge in [-0.05, 0) is 43.0 Å². The fourth-order valence-electron chi connectivity index (χ4n) is 2.89. The molecule has 0 aromatic heterocycles. The van der Waals surface area contributed by atoms with Gasteiger partial charge in [-0.3, -0.25) is 4.79 Å². The molecule has 0 radical (unpaired) electrons. The van der Waals surface area contributed by atoms with Crippen LogP contribution < -0.4 is 4.74 Å². The smallest absolute Gasteiger partial charge is 0.387 e. The Labute approximate surface area is 154 Å². The molecule has 1 aliphatic heterocycles. The highest BCUT2D eigenvalue weighted by Gasteiger charge is 2.28. The Morgan fingerprint density at radius 3 is 2.56 bits per heavy atom. The zero-order chi connectivity index (χ0) is 18.6. The highest BCUT2D eigenvalue weighted by Crippen LogP contribution is 2.26. The van der Waals surface area contributed by atoms with Gasteiger partial charge in [0.1, 0.15) is 15.6 Å². The molecule has 1 amide bonds. The summed E-state index contributed by atoms with van der Waals surface area (Å²) < 4.78 is 53.2. The molecule has 0 spiro atoms. The number of alkyl halides is 2. The van der Waals surface area contributed by atoms with Gasteiger partial charge in [0, 0.05) is 30.2 Å². The lowest BCUT2D eigenvalue weighted by Crippen LogP contribution is -2.42. The van der Waals surface area contributed by atoms with Crippen LogP contribution in [0.3, 0.4) is 0 Å². The summed E-state index contributed by atoms with van der Waals surface area (Å²) in [5.41, 5.74) is 0.522. The maximum atomic E-state index is 12.5. The van der Waals surface area contributed by atoms with Gasteiger partial charge < -0.3 is 9.64 Å². The normalized spacial score (nSPS) is 16.3. The molecule has 0 unspecified atom stereocenters. The molecule has 0 atom stereocenters. The lowest BCUT2D eigenvalue weighted by molar-refractivity contribution is -0.132. The van der Waals surface area contributed by atoms with E-state index in [2.05, 4.69) is 20.7 Å². The number of ether oxygens (including phenoxy) is 1. The fourth-order valence-corrected chi connectivity index (χ4v) is 4.36. The number of carbonyl (C=O) groups is 1. The Hall–Kier alpha value is -1.22. The number of amides is 1. The van der Waals surface area contributed by atoms with Gasteiger partial charge in [-0.2, -0.15) is 8.78 Å². The summed E-state index contributed by atoms with van der Waals surface area (Å²) in [6.45, 7) is -2.13. The van der Waals surface area contributed by atoms with Gasteiger partial charge in [0.05, 0.1) is 5.25 Å². The fraction of sp³-hybridized carbons (Fsp3) is 0.562. The molecule has 0 saturated carbocycles. The Kier molecular flexibility index (Phi) is 6.79. The van der Waals surface area contributed by atoms with Crippen LogP contribution in [0.15, 0.2) is 22.7 Å². The van der Waals surface area contributed by atoms with Crippen LogP contribution in [0.4, 0.5) is 8.78 Å². The quantitative estimate of drug-likeness (QED) is 0.683. The van der Waals surface area contributed by atoms with Gasteiger partial charge >= 0.3 is 6.61 Å². The highest BCUT2D eigenvalue weighted by atomic mass is 79.9. The van der Waals surface area contributed by atoms with Gasteiger partial charge in [0.2, 0.25) is 5.91 Å². The van der Waals surface area contributed by atoms with E-state index >= 15 is 0 Å². The molecule has 1 aromatic carbocycles. The number of sulfone groups is 1. The summed E-state index contributed by atoms with van der Waals surface area (Å²) in [5.74, 6) is -0.0586. The van der Waals surface area contributed by atoms with E-state index in [0.717, 1.165) is 0 Å². The van der Waals surface area contributed by atoms with E-state index in [4.69, 9.17) is 0 Å². The largest absolute Gasteiger partial charge is 0.435 e. The number of halogens is 3. The van der Waals surface area contributed by atoms with Crippen molar-refractivity contribution in [1.82, 2.24) is 4.90 Å². The monoisotopic (exact) mass is 439 g/mol. The zero-order valence-corrected chi connectivity index (χ0v) is 16.2. The van der Waals surface area contributed by atoms with Crippen molar-refractivity contribution in [2.24, 2.45) is 0 Å². The van der Waals surface area contributed by atoms with Crippen LogP contribution in [0.25, 0.3) is 0 Å². The van der Waals surface area contributed by atoms with Gasteiger partial charge in [0.15, 0.2) is 0 Å². The Balaban J connectivity index is 1.93. The molecule has 9 heteroatoms. The predicted octanol–water partition coefficient (Wildman–Crippen LogP) is 3.02. The molecule has 1 fully saturated rings. The van der Waals surface area contributed by atoms with Crippen LogP contribution >= 0.6 is 15.9 Å². The molecule has 25 heavy (non-hydrogen) atoms. The van der Waals surface area contributed by atoms with Crippen LogP contribution in [-0.2, 0) is 21.1 Å². The van der Waals surface area contributed by atoms with Crippen molar-refractivity contribution in [3.05, 3.63) is 28.2 Å². The van der Waals surface area contributed by atoms with Crippen molar-refractivity contribution in [2.45, 2.75) is 37.5 Å². The van der Waals surface area contributed by atoms with Gasteiger partial charge in [-0.1, -0.05) is 15.9 Å². The second-order valence-corrected chi connectivity index (χ2v) is 9.28. The first-order chi connectivity index (χ1) is 11.7. The summed E-state index contributed by atoms with van der Waals surface area (Å²) in [6.07, 6.45) is 2.50. The van der Waals surface area contributed by atoms with Crippen LogP contribution in [0.5, 0.6) is 5.75 Å². The highest BCUT2D eigenvalue weighted by molar-refractivity contribution is 9.10. The first-order valence-corrected chi connectivity index (χ1v) is 10.6. The first-order valence-electron chi connectivity index (χ1n) is 7.86. The minimum absolute atomic E-state index is 0.0572. The summed E-state index contributed by atoms with van der Waals surface area (Å²) in [6, 6.07) is 4.69. The average Bonchev–Trinajstić information content (AvgIpc) is 2.53. The van der Waals surface area contributed by atoms with Crippen LogP contribution in [0.1, 0.15) is 24.8 Å². The van der Waals surface area contributed by atoms with Gasteiger partial charge in [-0.15, -0.1) is 0 Å². The van der Waals surface area contributed by atoms with Gasteiger partial charge in [0.25, 0.3) is 0 Å². The van der Waals surface area contributed by atoms with Crippen molar-refractivity contribution in [2.75, 3.05) is 19.3 Å². The lowest BCUT2D eigenvalue weighted by Gasteiger charge is -2.31. The molecule has 140 valence electrons. The van der Waals surface area contributed by atoms with E-state index in [0.29, 0.717) is 36.0 Å². The van der Waals surface area contributed by atoms with E-state index < -0.39 is 21.7 Å². The van der Waals surface area contributed by atoms with Crippen LogP contribution in [0.2, 0.25) is 0 Å². The zero-order valence-electron chi connectivity index (χ0n) is 13.8. The van der Waals surface area contributed by atoms with E-state index in [1.165, 1.54) is 12.3 Å². The third kappa shape index (κ3) is 5.91. The van der Waals surface area contributed by atoms with E-state index in [9.17, 15) is 22.0 Å². The number of hydrogen-bond acceptors (Lipinski definition) is 4. The van der Waals surface area contributed by atoms with Crippen LogP contribution in [-0.4, -0.2) is 50.4 Å². The number of aryl methyl sites for hydroxylation is 1. The number of rotatable bonds is 6. The number of benzene rings is 1. The Bertz CT molecular complexity index is 719. The molecular formula is C16H20BrF2NO4S. The van der Waals surface area contributed by atoms with E-state index in [-0.39, 0.29) is 24.5 Å². The number of carbonyl (C=O) groups excluding carboxylic acids is 1. The summed E-state index contributed by atoms with van der Waals surface area (Å²) in [7, 11) is -3.08. The third-order valence-electron chi connectivity index (χ3n) is 4.25. The van der Waals surface area contributed by atoms with Crippen molar-refractivity contribution in [3.8, 4) is 5.75 Å². The molecule has 1 aromatic rings. The maximum absolute atomic E-state index is 12.5. The van der Waals surface area contributed by atoms with Crippen LogP contribution in [0, 0.1) is 0 Å². The molecular weight excluding hydrogens is 420 g/mol. The molecule has 1 heterocycles. The standard InChI is InChI=1S/C16H20BrF2NO4S/c1-25(22,23)13-6-8-20(9-7-13)15(21)5-2-11-10-12(17)3-4-14(11)24-16(18)19/h3-4,10,13,16H,2,5-9H2,1H3. The number of nitrogens with zero attached hydrogens (tertiary/aromatic N) is 1. The molecule has 2 rings (SSSR count). The summed E-state index contributed by atoms with van der Waals surface area (Å²) in [4.78, 5) is 14.0. The lowest BCUT2D eigenvalue weighted by atomic mass is 10.1. The SMILES string of the molecule is CS(=O)(=O)C1CCN(C(=O)CCc2cc(Br)ccc2OC(F)F)CC1. The molecule has 5 nitrogen and oxygen atoms in total. The van der Waals surface area contributed by atoms with E-state index in [1.807, 2.05) is 0 Å². The van der Waals surface area contributed by atoms with Crippen molar-refractivity contribution >= 4 is 31.7 Å². The second kappa shape index (κ2) is 8.44. The Morgan fingerprint density at radius 2 is 2.00 bits per heavy atom. The van der Waals surface area contributed by atoms with Crippen molar-refractivity contribution in [3.63, 3.8) is 0 Å². The second-order valence-electron chi connectivity index (χ2n) is 6.04. The Morgan fingerprint density at radius 1 is 1.36 bits per heavy atom.